The Bertz CT molecular complexity index is 626. The highest BCUT2D eigenvalue weighted by atomic mass is 32.2. The Morgan fingerprint density at radius 2 is 1.88 bits per heavy atom. The first-order valence-corrected chi connectivity index (χ1v) is 9.70. The number of rotatable bonds is 7. The molecule has 0 saturated carbocycles. The number of hydrogen-bond acceptors (Lipinski definition) is 5. The van der Waals surface area contributed by atoms with Gasteiger partial charge in [-0.3, -0.25) is 4.68 Å². The maximum absolute atomic E-state index is 12.4. The lowest BCUT2D eigenvalue weighted by molar-refractivity contribution is 0.217. The van der Waals surface area contributed by atoms with Crippen LogP contribution in [0.1, 0.15) is 25.0 Å². The first-order chi connectivity index (χ1) is 11.7. The first-order valence-electron chi connectivity index (χ1n) is 8.38. The maximum Gasteiger partial charge on any atom is 0.156 e. The van der Waals surface area contributed by atoms with Crippen molar-refractivity contribution in [1.29, 1.82) is 0 Å². The van der Waals surface area contributed by atoms with Crippen molar-refractivity contribution in [3.8, 4) is 5.75 Å². The summed E-state index contributed by atoms with van der Waals surface area (Å²) < 4.78 is 19.4. The SMILES string of the molecule is COc1ccc([S+]([O-])Cc2cn(CCN3CCCCC3)nn2)cc1. The summed E-state index contributed by atoms with van der Waals surface area (Å²) in [6.07, 6.45) is 5.85. The molecule has 1 fully saturated rings. The molecule has 3 rings (SSSR count). The van der Waals surface area contributed by atoms with E-state index in [1.807, 2.05) is 35.1 Å². The number of aromatic nitrogens is 3. The van der Waals surface area contributed by atoms with E-state index in [0.29, 0.717) is 5.75 Å². The van der Waals surface area contributed by atoms with Crippen LogP contribution in [0.3, 0.4) is 0 Å². The zero-order chi connectivity index (χ0) is 16.8. The molecular formula is C17H24N4O2S. The van der Waals surface area contributed by atoms with Crippen molar-refractivity contribution in [2.75, 3.05) is 26.7 Å². The second-order valence-electron chi connectivity index (χ2n) is 6.04. The molecule has 130 valence electrons. The fourth-order valence-corrected chi connectivity index (χ4v) is 3.89. The van der Waals surface area contributed by atoms with Gasteiger partial charge in [-0.1, -0.05) is 11.6 Å². The van der Waals surface area contributed by atoms with Crippen molar-refractivity contribution >= 4 is 11.2 Å². The molecule has 0 N–H and O–H groups in total. The zero-order valence-electron chi connectivity index (χ0n) is 14.1. The van der Waals surface area contributed by atoms with Crippen molar-refractivity contribution in [2.24, 2.45) is 0 Å². The van der Waals surface area contributed by atoms with Crippen LogP contribution in [0, 0.1) is 0 Å². The summed E-state index contributed by atoms with van der Waals surface area (Å²) in [4.78, 5) is 3.25. The number of nitrogens with zero attached hydrogens (tertiary/aromatic N) is 4. The van der Waals surface area contributed by atoms with Gasteiger partial charge >= 0.3 is 0 Å². The van der Waals surface area contributed by atoms with Crippen LogP contribution < -0.4 is 4.74 Å². The Labute approximate surface area is 146 Å². The van der Waals surface area contributed by atoms with Gasteiger partial charge in [0, 0.05) is 6.54 Å². The molecule has 7 heteroatoms. The average molecular weight is 348 g/mol. The summed E-state index contributed by atoms with van der Waals surface area (Å²) in [6.45, 7) is 4.21. The molecule has 1 aliphatic heterocycles. The molecule has 1 aliphatic rings. The van der Waals surface area contributed by atoms with E-state index >= 15 is 0 Å². The Kier molecular flexibility index (Phi) is 6.12. The first kappa shape index (κ1) is 17.3. The highest BCUT2D eigenvalue weighted by molar-refractivity contribution is 7.90. The minimum Gasteiger partial charge on any atom is -0.611 e. The summed E-state index contributed by atoms with van der Waals surface area (Å²) in [5.41, 5.74) is 0.766. The van der Waals surface area contributed by atoms with Crippen LogP contribution in [-0.2, 0) is 23.5 Å². The van der Waals surface area contributed by atoms with Crippen LogP contribution in [0.4, 0.5) is 0 Å². The van der Waals surface area contributed by atoms with Gasteiger partial charge < -0.3 is 14.2 Å². The van der Waals surface area contributed by atoms with E-state index in [-0.39, 0.29) is 0 Å². The van der Waals surface area contributed by atoms with E-state index in [1.165, 1.54) is 32.4 Å². The van der Waals surface area contributed by atoms with Gasteiger partial charge in [-0.2, -0.15) is 0 Å². The lowest BCUT2D eigenvalue weighted by Gasteiger charge is -2.25. The van der Waals surface area contributed by atoms with Gasteiger partial charge in [0.05, 0.1) is 19.9 Å². The lowest BCUT2D eigenvalue weighted by atomic mass is 10.1. The van der Waals surface area contributed by atoms with Crippen molar-refractivity contribution < 1.29 is 9.29 Å². The summed E-state index contributed by atoms with van der Waals surface area (Å²) in [5.74, 6) is 1.15. The van der Waals surface area contributed by atoms with Gasteiger partial charge in [-0.15, -0.1) is 5.10 Å². The van der Waals surface area contributed by atoms with Crippen molar-refractivity contribution in [3.63, 3.8) is 0 Å². The zero-order valence-corrected chi connectivity index (χ0v) is 14.9. The third-order valence-corrected chi connectivity index (χ3v) is 5.64. The van der Waals surface area contributed by atoms with Gasteiger partial charge in [-0.25, -0.2) is 0 Å². The lowest BCUT2D eigenvalue weighted by Crippen LogP contribution is -2.32. The van der Waals surface area contributed by atoms with Crippen molar-refractivity contribution in [2.45, 2.75) is 36.5 Å². The van der Waals surface area contributed by atoms with E-state index in [2.05, 4.69) is 15.2 Å². The number of piperidine rings is 1. The minimum absolute atomic E-state index is 0.385. The molecule has 1 aromatic heterocycles. The molecule has 0 bridgehead atoms. The summed E-state index contributed by atoms with van der Waals surface area (Å²) >= 11 is -1.12. The molecule has 0 aliphatic carbocycles. The Morgan fingerprint density at radius 3 is 2.58 bits per heavy atom. The highest BCUT2D eigenvalue weighted by Crippen LogP contribution is 2.19. The van der Waals surface area contributed by atoms with Crippen LogP contribution in [-0.4, -0.2) is 51.2 Å². The number of ether oxygens (including phenoxy) is 1. The van der Waals surface area contributed by atoms with Crippen LogP contribution >= 0.6 is 0 Å². The van der Waals surface area contributed by atoms with E-state index in [1.54, 1.807) is 7.11 Å². The Balaban J connectivity index is 1.50. The maximum atomic E-state index is 12.4. The van der Waals surface area contributed by atoms with Gasteiger partial charge in [-0.05, 0) is 61.4 Å². The summed E-state index contributed by atoms with van der Waals surface area (Å²) in [7, 11) is 1.62. The molecule has 24 heavy (non-hydrogen) atoms. The molecule has 1 aromatic carbocycles. The van der Waals surface area contributed by atoms with Gasteiger partial charge in [0.15, 0.2) is 10.6 Å². The van der Waals surface area contributed by atoms with E-state index in [9.17, 15) is 4.55 Å². The van der Waals surface area contributed by atoms with E-state index in [0.717, 1.165) is 29.4 Å². The predicted octanol–water partition coefficient (Wildman–Crippen LogP) is 2.08. The normalized spacial score (nSPS) is 16.9. The number of likely N-dealkylation sites (tertiary alicyclic amines) is 1. The smallest absolute Gasteiger partial charge is 0.156 e. The quantitative estimate of drug-likeness (QED) is 0.717. The van der Waals surface area contributed by atoms with E-state index < -0.39 is 11.2 Å². The van der Waals surface area contributed by atoms with Gasteiger partial charge in [0.2, 0.25) is 0 Å². The van der Waals surface area contributed by atoms with Crippen LogP contribution in [0.2, 0.25) is 0 Å². The van der Waals surface area contributed by atoms with Crippen LogP contribution in [0.25, 0.3) is 0 Å². The summed E-state index contributed by atoms with van der Waals surface area (Å²) in [6, 6.07) is 7.30. The number of methoxy groups -OCH3 is 1. The standard InChI is InChI=1S/C17H24N4O2S/c1-23-16-5-7-17(8-6-16)24(22)14-15-13-21(19-18-15)12-11-20-9-3-2-4-10-20/h5-8,13H,2-4,9-12,14H2,1H3. The third-order valence-electron chi connectivity index (χ3n) is 4.28. The Hall–Kier alpha value is -1.57. The molecular weight excluding hydrogens is 324 g/mol. The molecule has 2 heterocycles. The molecule has 0 radical (unpaired) electrons. The molecule has 0 amide bonds. The monoisotopic (exact) mass is 348 g/mol. The summed E-state index contributed by atoms with van der Waals surface area (Å²) in [5, 5.41) is 8.32. The fourth-order valence-electron chi connectivity index (χ4n) is 2.89. The van der Waals surface area contributed by atoms with E-state index in [4.69, 9.17) is 4.74 Å². The molecule has 1 atom stereocenters. The second kappa shape index (κ2) is 8.50. The number of benzene rings is 1. The molecule has 1 unspecified atom stereocenters. The molecule has 6 nitrogen and oxygen atoms in total. The largest absolute Gasteiger partial charge is 0.611 e. The van der Waals surface area contributed by atoms with Gasteiger partial charge in [0.1, 0.15) is 11.4 Å². The third kappa shape index (κ3) is 4.72. The molecule has 2 aromatic rings. The predicted molar refractivity (Wildman–Crippen MR) is 93.4 cm³/mol. The topological polar surface area (TPSA) is 66.2 Å². The van der Waals surface area contributed by atoms with Crippen molar-refractivity contribution in [3.05, 3.63) is 36.2 Å². The fraction of sp³-hybridized carbons (Fsp3) is 0.529. The molecule has 1 saturated heterocycles. The van der Waals surface area contributed by atoms with Crippen molar-refractivity contribution in [1.82, 2.24) is 19.9 Å². The van der Waals surface area contributed by atoms with Gasteiger partial charge in [0.25, 0.3) is 0 Å². The Morgan fingerprint density at radius 1 is 1.12 bits per heavy atom. The average Bonchev–Trinajstić information content (AvgIpc) is 3.08. The minimum atomic E-state index is -1.12. The highest BCUT2D eigenvalue weighted by Gasteiger charge is 2.15. The van der Waals surface area contributed by atoms with Crippen LogP contribution in [0.5, 0.6) is 5.75 Å². The second-order valence-corrected chi connectivity index (χ2v) is 7.49. The van der Waals surface area contributed by atoms with Crippen LogP contribution in [0.15, 0.2) is 35.4 Å². The molecule has 0 spiro atoms. The number of hydrogen-bond donors (Lipinski definition) is 0.